The molecule has 4 rings (SSSR count). The van der Waals surface area contributed by atoms with Gasteiger partial charge in [-0.3, -0.25) is 0 Å². The van der Waals surface area contributed by atoms with Gasteiger partial charge in [-0.25, -0.2) is 9.59 Å². The van der Waals surface area contributed by atoms with Crippen LogP contribution in [0.3, 0.4) is 0 Å². The number of rotatable bonds is 3. The monoisotopic (exact) mass is 325 g/mol. The van der Waals surface area contributed by atoms with Gasteiger partial charge in [-0.1, -0.05) is 0 Å². The van der Waals surface area contributed by atoms with E-state index in [1.54, 1.807) is 20.8 Å². The van der Waals surface area contributed by atoms with Gasteiger partial charge in [0.25, 0.3) is 0 Å². The SMILES string of the molecule is CC(C)(C)OC(=O)NC(C(=O)O)C12C[C@@H]3C[C@@H](CC(O)(C3)C1)C2. The Morgan fingerprint density at radius 1 is 1.17 bits per heavy atom. The van der Waals surface area contributed by atoms with E-state index >= 15 is 0 Å². The molecule has 3 unspecified atom stereocenters. The highest BCUT2D eigenvalue weighted by atomic mass is 16.6. The number of amides is 1. The summed E-state index contributed by atoms with van der Waals surface area (Å²) in [6.07, 6.45) is 3.89. The molecule has 0 spiro atoms. The maximum Gasteiger partial charge on any atom is 0.408 e. The molecule has 5 atom stereocenters. The van der Waals surface area contributed by atoms with Crippen LogP contribution < -0.4 is 5.32 Å². The van der Waals surface area contributed by atoms with E-state index in [1.807, 2.05) is 0 Å². The maximum absolute atomic E-state index is 12.1. The molecular formula is C17H27NO5. The van der Waals surface area contributed by atoms with Crippen LogP contribution in [0.5, 0.6) is 0 Å². The average Bonchev–Trinajstić information content (AvgIpc) is 2.29. The zero-order valence-electron chi connectivity index (χ0n) is 14.1. The van der Waals surface area contributed by atoms with E-state index in [1.165, 1.54) is 0 Å². The molecule has 6 heteroatoms. The number of carbonyl (C=O) groups excluding carboxylic acids is 1. The Labute approximate surface area is 136 Å². The number of carboxylic acid groups (broad SMARTS) is 1. The van der Waals surface area contributed by atoms with E-state index < -0.39 is 34.7 Å². The lowest BCUT2D eigenvalue weighted by Crippen LogP contribution is -2.64. The van der Waals surface area contributed by atoms with E-state index in [9.17, 15) is 19.8 Å². The third kappa shape index (κ3) is 3.18. The minimum absolute atomic E-state index is 0.364. The van der Waals surface area contributed by atoms with Gasteiger partial charge >= 0.3 is 12.1 Å². The van der Waals surface area contributed by atoms with Gasteiger partial charge in [0.1, 0.15) is 11.6 Å². The van der Waals surface area contributed by atoms with Gasteiger partial charge < -0.3 is 20.3 Å². The van der Waals surface area contributed by atoms with Crippen molar-refractivity contribution < 1.29 is 24.5 Å². The minimum Gasteiger partial charge on any atom is -0.480 e. The number of nitrogens with one attached hydrogen (secondary N) is 1. The third-order valence-corrected chi connectivity index (χ3v) is 5.60. The largest absolute Gasteiger partial charge is 0.480 e. The molecule has 0 aliphatic heterocycles. The van der Waals surface area contributed by atoms with Gasteiger partial charge in [0.05, 0.1) is 5.60 Å². The molecule has 4 aliphatic carbocycles. The molecule has 4 saturated carbocycles. The number of aliphatic hydroxyl groups is 1. The Morgan fingerprint density at radius 3 is 2.17 bits per heavy atom. The number of alkyl carbamates (subject to hydrolysis) is 1. The minimum atomic E-state index is -1.04. The Hall–Kier alpha value is -1.30. The molecule has 0 heterocycles. The van der Waals surface area contributed by atoms with Gasteiger partial charge in [0, 0.05) is 5.41 Å². The highest BCUT2D eigenvalue weighted by Crippen LogP contribution is 2.62. The van der Waals surface area contributed by atoms with Gasteiger partial charge in [-0.05, 0) is 71.1 Å². The summed E-state index contributed by atoms with van der Waals surface area (Å²) in [5.41, 5.74) is -1.98. The Bertz CT molecular complexity index is 510. The van der Waals surface area contributed by atoms with E-state index in [0.717, 1.165) is 32.1 Å². The summed E-state index contributed by atoms with van der Waals surface area (Å²) >= 11 is 0. The van der Waals surface area contributed by atoms with E-state index in [0.29, 0.717) is 18.3 Å². The van der Waals surface area contributed by atoms with E-state index in [4.69, 9.17) is 4.74 Å². The van der Waals surface area contributed by atoms with Crippen molar-refractivity contribution in [1.82, 2.24) is 5.32 Å². The highest BCUT2D eigenvalue weighted by molar-refractivity contribution is 5.81. The first-order chi connectivity index (χ1) is 10.5. The lowest BCUT2D eigenvalue weighted by molar-refractivity contribution is -0.182. The number of carbonyl (C=O) groups is 2. The van der Waals surface area contributed by atoms with Crippen LogP contribution in [-0.4, -0.2) is 39.5 Å². The molecule has 0 saturated heterocycles. The number of hydrogen-bond acceptors (Lipinski definition) is 4. The molecule has 23 heavy (non-hydrogen) atoms. The van der Waals surface area contributed by atoms with Crippen LogP contribution in [0.15, 0.2) is 0 Å². The van der Waals surface area contributed by atoms with Crippen molar-refractivity contribution in [3.05, 3.63) is 0 Å². The van der Waals surface area contributed by atoms with Gasteiger partial charge in [0.2, 0.25) is 0 Å². The summed E-state index contributed by atoms with van der Waals surface area (Å²) in [4.78, 5) is 24.0. The Morgan fingerprint density at radius 2 is 1.74 bits per heavy atom. The predicted octanol–water partition coefficient (Wildman–Crippen LogP) is 2.30. The Balaban J connectivity index is 1.81. The zero-order valence-corrected chi connectivity index (χ0v) is 14.1. The smallest absolute Gasteiger partial charge is 0.408 e. The predicted molar refractivity (Wildman–Crippen MR) is 82.9 cm³/mol. The van der Waals surface area contributed by atoms with Crippen LogP contribution in [0.25, 0.3) is 0 Å². The summed E-state index contributed by atoms with van der Waals surface area (Å²) in [5.74, 6) is -0.312. The van der Waals surface area contributed by atoms with Crippen LogP contribution >= 0.6 is 0 Å². The van der Waals surface area contributed by atoms with Gasteiger partial charge in [-0.2, -0.15) is 0 Å². The molecule has 0 aromatic carbocycles. The van der Waals surface area contributed by atoms with Crippen LogP contribution in [0.1, 0.15) is 59.3 Å². The van der Waals surface area contributed by atoms with Gasteiger partial charge in [-0.15, -0.1) is 0 Å². The summed E-state index contributed by atoms with van der Waals surface area (Å²) in [6.45, 7) is 5.24. The van der Waals surface area contributed by atoms with E-state index in [2.05, 4.69) is 5.32 Å². The van der Waals surface area contributed by atoms with Crippen molar-refractivity contribution in [2.45, 2.75) is 76.5 Å². The van der Waals surface area contributed by atoms with Gasteiger partial charge in [0.15, 0.2) is 0 Å². The fourth-order valence-electron chi connectivity index (χ4n) is 5.52. The molecule has 1 amide bonds. The topological polar surface area (TPSA) is 95.9 Å². The van der Waals surface area contributed by atoms with Crippen molar-refractivity contribution >= 4 is 12.1 Å². The Kier molecular flexibility index (Phi) is 3.67. The second-order valence-corrected chi connectivity index (χ2v) is 8.97. The van der Waals surface area contributed by atoms with Crippen molar-refractivity contribution in [2.75, 3.05) is 0 Å². The molecule has 4 aliphatic rings. The number of aliphatic carboxylic acids is 1. The standard InChI is InChI=1S/C17H27NO5/c1-15(2,3)23-14(21)18-12(13(19)20)16-5-10-4-11(6-16)8-17(22,7-10)9-16/h10-12,22H,4-9H2,1-3H3,(H,18,21)(H,19,20)/t10-,11+,12?,16?,17?. The summed E-state index contributed by atoms with van der Waals surface area (Å²) in [6, 6.07) is -1.00. The molecule has 0 radical (unpaired) electrons. The summed E-state index contributed by atoms with van der Waals surface area (Å²) < 4.78 is 5.23. The second-order valence-electron chi connectivity index (χ2n) is 8.97. The van der Waals surface area contributed by atoms with Crippen LogP contribution in [0.2, 0.25) is 0 Å². The second kappa shape index (κ2) is 5.10. The molecule has 3 N–H and O–H groups in total. The average molecular weight is 325 g/mol. The van der Waals surface area contributed by atoms with Crippen molar-refractivity contribution in [3.63, 3.8) is 0 Å². The normalized spacial score (nSPS) is 39.8. The fraction of sp³-hybridized carbons (Fsp3) is 0.882. The molecule has 0 aromatic rings. The zero-order chi connectivity index (χ0) is 17.0. The lowest BCUT2D eigenvalue weighted by Gasteiger charge is -2.61. The highest BCUT2D eigenvalue weighted by Gasteiger charge is 2.61. The van der Waals surface area contributed by atoms with Crippen molar-refractivity contribution in [2.24, 2.45) is 17.3 Å². The molecular weight excluding hydrogens is 298 g/mol. The summed E-state index contributed by atoms with van der Waals surface area (Å²) in [5, 5.41) is 23.1. The van der Waals surface area contributed by atoms with Crippen LogP contribution in [-0.2, 0) is 9.53 Å². The molecule has 6 nitrogen and oxygen atoms in total. The molecule has 4 bridgehead atoms. The first-order valence-electron chi connectivity index (χ1n) is 8.45. The first-order valence-corrected chi connectivity index (χ1v) is 8.45. The van der Waals surface area contributed by atoms with Crippen LogP contribution in [0.4, 0.5) is 4.79 Å². The maximum atomic E-state index is 12.1. The molecule has 130 valence electrons. The van der Waals surface area contributed by atoms with E-state index in [-0.39, 0.29) is 0 Å². The summed E-state index contributed by atoms with van der Waals surface area (Å²) in [7, 11) is 0. The fourth-order valence-corrected chi connectivity index (χ4v) is 5.52. The molecule has 0 aromatic heterocycles. The van der Waals surface area contributed by atoms with Crippen molar-refractivity contribution in [1.29, 1.82) is 0 Å². The van der Waals surface area contributed by atoms with Crippen LogP contribution in [0, 0.1) is 17.3 Å². The third-order valence-electron chi connectivity index (χ3n) is 5.60. The quantitative estimate of drug-likeness (QED) is 0.740. The number of carboxylic acids is 1. The first kappa shape index (κ1) is 16.6. The van der Waals surface area contributed by atoms with Crippen molar-refractivity contribution in [3.8, 4) is 0 Å². The lowest BCUT2D eigenvalue weighted by atomic mass is 9.46. The number of ether oxygens (including phenoxy) is 1. The number of hydrogen-bond donors (Lipinski definition) is 3. The molecule has 4 fully saturated rings.